The van der Waals surface area contributed by atoms with Crippen LogP contribution in [0.2, 0.25) is 0 Å². The van der Waals surface area contributed by atoms with Gasteiger partial charge in [-0.25, -0.2) is 4.98 Å². The maximum atomic E-state index is 13.3. The Morgan fingerprint density at radius 3 is 2.48 bits per heavy atom. The van der Waals surface area contributed by atoms with Gasteiger partial charge in [0, 0.05) is 6.20 Å². The highest BCUT2D eigenvalue weighted by Gasteiger charge is 2.43. The monoisotopic (exact) mass is 348 g/mol. The van der Waals surface area contributed by atoms with Crippen molar-refractivity contribution in [3.63, 3.8) is 0 Å². The van der Waals surface area contributed by atoms with E-state index in [1.54, 1.807) is 6.07 Å². The molecule has 0 aliphatic carbocycles. The minimum Gasteiger partial charge on any atom is -0.334 e. The number of nitrogens with zero attached hydrogens (tertiary/aromatic N) is 5. The summed E-state index contributed by atoms with van der Waals surface area (Å²) < 4.78 is 41.3. The first kappa shape index (κ1) is 16.6. The number of alkyl halides is 3. The van der Waals surface area contributed by atoms with Gasteiger partial charge < -0.3 is 5.32 Å². The van der Waals surface area contributed by atoms with Crippen LogP contribution >= 0.6 is 0 Å². The number of halogens is 3. The fraction of sp³-hybridized carbons (Fsp3) is 0.133. The molecule has 0 aliphatic rings. The highest BCUT2D eigenvalue weighted by Crippen LogP contribution is 2.31. The number of aromatic nitrogens is 5. The highest BCUT2D eigenvalue weighted by atomic mass is 19.4. The molecule has 0 spiro atoms. The first-order valence-corrected chi connectivity index (χ1v) is 7.06. The van der Waals surface area contributed by atoms with E-state index in [0.29, 0.717) is 5.82 Å². The molecule has 3 heterocycles. The lowest BCUT2D eigenvalue weighted by Crippen LogP contribution is -2.39. The van der Waals surface area contributed by atoms with Gasteiger partial charge in [-0.05, 0) is 24.3 Å². The molecule has 0 aromatic carbocycles. The highest BCUT2D eigenvalue weighted by molar-refractivity contribution is 5.92. The fourth-order valence-corrected chi connectivity index (χ4v) is 2.09. The van der Waals surface area contributed by atoms with Crippen LogP contribution in [-0.2, 0) is 0 Å². The van der Waals surface area contributed by atoms with Gasteiger partial charge in [-0.15, -0.1) is 10.2 Å². The van der Waals surface area contributed by atoms with Crippen molar-refractivity contribution < 1.29 is 18.0 Å². The van der Waals surface area contributed by atoms with Gasteiger partial charge in [-0.3, -0.25) is 14.3 Å². The number of carbonyl (C=O) groups is 1. The van der Waals surface area contributed by atoms with E-state index in [-0.39, 0.29) is 11.4 Å². The Hall–Kier alpha value is -3.30. The molecule has 7 nitrogen and oxygen atoms in total. The Bertz CT molecular complexity index is 851. The van der Waals surface area contributed by atoms with Crippen LogP contribution in [0.1, 0.15) is 22.2 Å². The predicted molar refractivity (Wildman–Crippen MR) is 79.7 cm³/mol. The van der Waals surface area contributed by atoms with Crippen LogP contribution in [-0.4, -0.2) is 36.8 Å². The number of rotatable bonds is 4. The Balaban J connectivity index is 1.86. The van der Waals surface area contributed by atoms with Gasteiger partial charge in [0.15, 0.2) is 6.04 Å². The van der Waals surface area contributed by atoms with Gasteiger partial charge in [0.1, 0.15) is 24.2 Å². The maximum Gasteiger partial charge on any atom is 0.414 e. The van der Waals surface area contributed by atoms with E-state index in [4.69, 9.17) is 0 Å². The smallest absolute Gasteiger partial charge is 0.334 e. The summed E-state index contributed by atoms with van der Waals surface area (Å²) in [6.07, 6.45) is -0.756. The number of carbonyl (C=O) groups excluding carboxylic acids is 1. The lowest BCUT2D eigenvalue weighted by atomic mass is 10.1. The van der Waals surface area contributed by atoms with Gasteiger partial charge in [-0.2, -0.15) is 13.2 Å². The standard InChI is InChI=1S/C15H11F3N6O/c16-15(17,18)13(10-4-1-2-7-19-10)23-14(25)11-5-3-6-12(22-11)24-8-20-21-9-24/h1-9,13H,(H,23,25)/t13-/m0/s1. The van der Waals surface area contributed by atoms with Gasteiger partial charge in [-0.1, -0.05) is 12.1 Å². The molecule has 1 N–H and O–H groups in total. The van der Waals surface area contributed by atoms with Crippen molar-refractivity contribution in [1.29, 1.82) is 0 Å². The first-order chi connectivity index (χ1) is 11.9. The van der Waals surface area contributed by atoms with Gasteiger partial charge in [0.25, 0.3) is 5.91 Å². The zero-order chi connectivity index (χ0) is 17.9. The summed E-state index contributed by atoms with van der Waals surface area (Å²) in [4.78, 5) is 20.0. The number of hydrogen-bond acceptors (Lipinski definition) is 5. The van der Waals surface area contributed by atoms with Crippen LogP contribution in [0, 0.1) is 0 Å². The van der Waals surface area contributed by atoms with E-state index in [9.17, 15) is 18.0 Å². The molecule has 0 saturated heterocycles. The molecule has 0 saturated carbocycles. The summed E-state index contributed by atoms with van der Waals surface area (Å²) in [5.74, 6) is -0.665. The topological polar surface area (TPSA) is 85.6 Å². The van der Waals surface area contributed by atoms with E-state index in [1.165, 1.54) is 53.8 Å². The van der Waals surface area contributed by atoms with Crippen LogP contribution < -0.4 is 5.32 Å². The SMILES string of the molecule is O=C(N[C@@H](c1ccccn1)C(F)(F)F)c1cccc(-n2cnnc2)n1. The molecule has 3 aromatic rings. The van der Waals surface area contributed by atoms with Crippen LogP contribution in [0.5, 0.6) is 0 Å². The molecule has 1 amide bonds. The molecule has 0 radical (unpaired) electrons. The van der Waals surface area contributed by atoms with E-state index in [0.717, 1.165) is 0 Å². The normalized spacial score (nSPS) is 12.6. The molecular weight excluding hydrogens is 337 g/mol. The largest absolute Gasteiger partial charge is 0.414 e. The van der Waals surface area contributed by atoms with E-state index in [1.807, 2.05) is 5.32 Å². The Morgan fingerprint density at radius 2 is 1.84 bits per heavy atom. The molecule has 128 valence electrons. The Kier molecular flexibility index (Phi) is 4.42. The van der Waals surface area contributed by atoms with Crippen molar-refractivity contribution >= 4 is 5.91 Å². The van der Waals surface area contributed by atoms with Gasteiger partial charge in [0.2, 0.25) is 0 Å². The minimum atomic E-state index is -4.70. The summed E-state index contributed by atoms with van der Waals surface area (Å²) in [7, 11) is 0. The van der Waals surface area contributed by atoms with Crippen molar-refractivity contribution in [2.75, 3.05) is 0 Å². The zero-order valence-corrected chi connectivity index (χ0v) is 12.6. The van der Waals surface area contributed by atoms with Crippen LogP contribution in [0.15, 0.2) is 55.2 Å². The Labute approximate surface area is 139 Å². The van der Waals surface area contributed by atoms with E-state index < -0.39 is 18.1 Å². The van der Waals surface area contributed by atoms with Crippen molar-refractivity contribution in [3.05, 3.63) is 66.6 Å². The second-order valence-electron chi connectivity index (χ2n) is 4.95. The third-order valence-corrected chi connectivity index (χ3v) is 3.24. The summed E-state index contributed by atoms with van der Waals surface area (Å²) in [6, 6.07) is 6.25. The predicted octanol–water partition coefficient (Wildman–Crippen LogP) is 2.09. The molecular formula is C15H11F3N6O. The molecule has 10 heteroatoms. The molecule has 3 aromatic heterocycles. The maximum absolute atomic E-state index is 13.3. The molecule has 25 heavy (non-hydrogen) atoms. The zero-order valence-electron chi connectivity index (χ0n) is 12.6. The average molecular weight is 348 g/mol. The summed E-state index contributed by atoms with van der Waals surface area (Å²) >= 11 is 0. The second-order valence-corrected chi connectivity index (χ2v) is 4.95. The molecule has 0 fully saturated rings. The summed E-state index contributed by atoms with van der Waals surface area (Å²) in [5.41, 5.74) is -0.477. The quantitative estimate of drug-likeness (QED) is 0.780. The number of nitrogens with one attached hydrogen (secondary N) is 1. The summed E-state index contributed by atoms with van der Waals surface area (Å²) in [6.45, 7) is 0. The minimum absolute atomic E-state index is 0.170. The third kappa shape index (κ3) is 3.79. The summed E-state index contributed by atoms with van der Waals surface area (Å²) in [5, 5.41) is 9.15. The molecule has 3 rings (SSSR count). The molecule has 0 unspecified atom stereocenters. The molecule has 0 bridgehead atoms. The van der Waals surface area contributed by atoms with E-state index in [2.05, 4.69) is 20.2 Å². The number of hydrogen-bond donors (Lipinski definition) is 1. The Morgan fingerprint density at radius 1 is 1.08 bits per heavy atom. The van der Waals surface area contributed by atoms with Crippen LogP contribution in [0.4, 0.5) is 13.2 Å². The fourth-order valence-electron chi connectivity index (χ4n) is 2.09. The van der Waals surface area contributed by atoms with Crippen molar-refractivity contribution in [2.24, 2.45) is 0 Å². The van der Waals surface area contributed by atoms with Crippen LogP contribution in [0.3, 0.4) is 0 Å². The van der Waals surface area contributed by atoms with Crippen molar-refractivity contribution in [1.82, 2.24) is 30.0 Å². The van der Waals surface area contributed by atoms with Gasteiger partial charge >= 0.3 is 6.18 Å². The lowest BCUT2D eigenvalue weighted by Gasteiger charge is -2.21. The molecule has 0 aliphatic heterocycles. The van der Waals surface area contributed by atoms with Gasteiger partial charge in [0.05, 0.1) is 5.69 Å². The molecule has 1 atom stereocenters. The van der Waals surface area contributed by atoms with E-state index >= 15 is 0 Å². The van der Waals surface area contributed by atoms with Crippen molar-refractivity contribution in [2.45, 2.75) is 12.2 Å². The van der Waals surface area contributed by atoms with Crippen molar-refractivity contribution in [3.8, 4) is 5.82 Å². The average Bonchev–Trinajstić information content (AvgIpc) is 3.14. The van der Waals surface area contributed by atoms with Crippen LogP contribution in [0.25, 0.3) is 5.82 Å². The number of pyridine rings is 2. The number of amides is 1. The third-order valence-electron chi connectivity index (χ3n) is 3.24. The first-order valence-electron chi connectivity index (χ1n) is 7.06. The second kappa shape index (κ2) is 6.67. The lowest BCUT2D eigenvalue weighted by molar-refractivity contribution is -0.156.